The van der Waals surface area contributed by atoms with Gasteiger partial charge in [0.15, 0.2) is 0 Å². The first kappa shape index (κ1) is 9.80. The van der Waals surface area contributed by atoms with Crippen LogP contribution in [0.25, 0.3) is 0 Å². The first-order valence-corrected chi connectivity index (χ1v) is 3.93. The van der Waals surface area contributed by atoms with Crippen molar-refractivity contribution in [1.82, 2.24) is 10.2 Å². The molecule has 1 fully saturated rings. The van der Waals surface area contributed by atoms with Crippen molar-refractivity contribution in [3.63, 3.8) is 0 Å². The molecule has 1 aliphatic rings. The topological polar surface area (TPSA) is 15.3 Å². The summed E-state index contributed by atoms with van der Waals surface area (Å²) in [6.07, 6.45) is -4.88. The number of halogens is 3. The maximum Gasteiger partial charge on any atom is 0.390 e. The van der Waals surface area contributed by atoms with Gasteiger partial charge in [-0.05, 0) is 0 Å². The standard InChI is InChI=1S/C7H12F3N2/c8-7(9,10)1-4-12-5-2-11-3-6-12/h4,11H,1-3,5-6H2. The number of nitrogens with zero attached hydrogens (tertiary/aromatic N) is 1. The molecule has 0 unspecified atom stereocenters. The minimum Gasteiger partial charge on any atom is -0.314 e. The van der Waals surface area contributed by atoms with Gasteiger partial charge < -0.3 is 5.32 Å². The summed E-state index contributed by atoms with van der Waals surface area (Å²) in [5.74, 6) is 0. The third-order valence-electron chi connectivity index (χ3n) is 1.73. The lowest BCUT2D eigenvalue weighted by molar-refractivity contribution is -0.131. The number of hydrogen-bond acceptors (Lipinski definition) is 2. The molecule has 1 N–H and O–H groups in total. The van der Waals surface area contributed by atoms with E-state index in [-0.39, 0.29) is 0 Å². The average molecular weight is 181 g/mol. The molecule has 1 rings (SSSR count). The highest BCUT2D eigenvalue weighted by Crippen LogP contribution is 2.21. The van der Waals surface area contributed by atoms with Crippen molar-refractivity contribution >= 4 is 0 Å². The molecule has 71 valence electrons. The van der Waals surface area contributed by atoms with Crippen LogP contribution in [-0.2, 0) is 0 Å². The lowest BCUT2D eigenvalue weighted by atomic mass is 10.3. The van der Waals surface area contributed by atoms with Crippen LogP contribution in [0.5, 0.6) is 0 Å². The summed E-state index contributed by atoms with van der Waals surface area (Å²) in [4.78, 5) is 1.71. The van der Waals surface area contributed by atoms with Gasteiger partial charge in [0, 0.05) is 32.7 Å². The van der Waals surface area contributed by atoms with Gasteiger partial charge in [0.2, 0.25) is 0 Å². The van der Waals surface area contributed by atoms with Gasteiger partial charge in [0.25, 0.3) is 0 Å². The minimum atomic E-state index is -4.06. The molecule has 1 radical (unpaired) electrons. The molecule has 1 heterocycles. The quantitative estimate of drug-likeness (QED) is 0.683. The van der Waals surface area contributed by atoms with Gasteiger partial charge in [-0.3, -0.25) is 4.90 Å². The zero-order chi connectivity index (χ0) is 9.03. The molecule has 0 aliphatic carbocycles. The van der Waals surface area contributed by atoms with Gasteiger partial charge in [-0.25, -0.2) is 0 Å². The van der Waals surface area contributed by atoms with Crippen LogP contribution in [0.3, 0.4) is 0 Å². The van der Waals surface area contributed by atoms with Crippen LogP contribution in [0.2, 0.25) is 0 Å². The van der Waals surface area contributed by atoms with E-state index in [0.717, 1.165) is 13.1 Å². The van der Waals surface area contributed by atoms with Gasteiger partial charge in [-0.1, -0.05) is 0 Å². The van der Waals surface area contributed by atoms with Crippen LogP contribution in [-0.4, -0.2) is 37.3 Å². The molecule has 1 saturated heterocycles. The van der Waals surface area contributed by atoms with Crippen molar-refractivity contribution in [3.8, 4) is 0 Å². The Balaban J connectivity index is 2.13. The smallest absolute Gasteiger partial charge is 0.314 e. The number of nitrogens with one attached hydrogen (secondary N) is 1. The summed E-state index contributed by atoms with van der Waals surface area (Å²) in [7, 11) is 0. The van der Waals surface area contributed by atoms with Crippen LogP contribution in [0.4, 0.5) is 13.2 Å². The Bertz CT molecular complexity index is 129. The van der Waals surface area contributed by atoms with E-state index in [4.69, 9.17) is 0 Å². The largest absolute Gasteiger partial charge is 0.390 e. The fraction of sp³-hybridized carbons (Fsp3) is 0.857. The normalized spacial score (nSPS) is 21.2. The van der Waals surface area contributed by atoms with E-state index in [2.05, 4.69) is 5.32 Å². The molecule has 0 saturated carbocycles. The molecule has 0 bridgehead atoms. The van der Waals surface area contributed by atoms with E-state index in [9.17, 15) is 13.2 Å². The monoisotopic (exact) mass is 181 g/mol. The van der Waals surface area contributed by atoms with E-state index in [1.807, 2.05) is 0 Å². The Labute approximate surface area is 69.7 Å². The molecule has 2 nitrogen and oxygen atoms in total. The number of rotatable bonds is 2. The van der Waals surface area contributed by atoms with E-state index in [1.165, 1.54) is 6.54 Å². The van der Waals surface area contributed by atoms with Crippen molar-refractivity contribution < 1.29 is 13.2 Å². The summed E-state index contributed by atoms with van der Waals surface area (Å²) in [6, 6.07) is 0. The SMILES string of the molecule is FC(F)(F)C[CH]N1CCNCC1. The maximum absolute atomic E-state index is 11.7. The summed E-state index contributed by atoms with van der Waals surface area (Å²) >= 11 is 0. The second-order valence-corrected chi connectivity index (χ2v) is 2.79. The number of hydrogen-bond donors (Lipinski definition) is 1. The summed E-state index contributed by atoms with van der Waals surface area (Å²) in [6.45, 7) is 4.13. The lowest BCUT2D eigenvalue weighted by Crippen LogP contribution is -2.42. The maximum atomic E-state index is 11.7. The Morgan fingerprint density at radius 1 is 1.25 bits per heavy atom. The van der Waals surface area contributed by atoms with Gasteiger partial charge in [-0.15, -0.1) is 0 Å². The van der Waals surface area contributed by atoms with Crippen molar-refractivity contribution in [2.75, 3.05) is 26.2 Å². The van der Waals surface area contributed by atoms with Crippen molar-refractivity contribution in [1.29, 1.82) is 0 Å². The molecule has 0 atom stereocenters. The highest BCUT2D eigenvalue weighted by molar-refractivity contribution is 4.76. The van der Waals surface area contributed by atoms with Crippen LogP contribution in [0, 0.1) is 6.54 Å². The summed E-state index contributed by atoms with van der Waals surface area (Å²) < 4.78 is 35.2. The van der Waals surface area contributed by atoms with Crippen LogP contribution < -0.4 is 5.32 Å². The summed E-state index contributed by atoms with van der Waals surface area (Å²) in [5, 5.41) is 3.07. The Kier molecular flexibility index (Phi) is 3.34. The summed E-state index contributed by atoms with van der Waals surface area (Å²) in [5.41, 5.74) is 0. The van der Waals surface area contributed by atoms with E-state index < -0.39 is 12.6 Å². The van der Waals surface area contributed by atoms with E-state index in [1.54, 1.807) is 4.90 Å². The van der Waals surface area contributed by atoms with Crippen LogP contribution >= 0.6 is 0 Å². The van der Waals surface area contributed by atoms with Gasteiger partial charge in [0.1, 0.15) is 0 Å². The third kappa shape index (κ3) is 3.92. The molecule has 1 aliphatic heterocycles. The lowest BCUT2D eigenvalue weighted by Gasteiger charge is -2.26. The second kappa shape index (κ2) is 4.09. The van der Waals surface area contributed by atoms with Crippen molar-refractivity contribution in [2.45, 2.75) is 12.6 Å². The molecule has 0 amide bonds. The zero-order valence-electron chi connectivity index (χ0n) is 6.69. The molecule has 12 heavy (non-hydrogen) atoms. The van der Waals surface area contributed by atoms with Gasteiger partial charge in [-0.2, -0.15) is 13.2 Å². The molecular weight excluding hydrogens is 169 g/mol. The molecule has 0 aromatic carbocycles. The highest BCUT2D eigenvalue weighted by atomic mass is 19.4. The molecular formula is C7H12F3N2. The van der Waals surface area contributed by atoms with Crippen LogP contribution in [0.15, 0.2) is 0 Å². The van der Waals surface area contributed by atoms with Gasteiger partial charge in [0.05, 0.1) is 6.42 Å². The fourth-order valence-electron chi connectivity index (χ4n) is 1.10. The van der Waals surface area contributed by atoms with E-state index in [0.29, 0.717) is 13.1 Å². The molecule has 0 spiro atoms. The third-order valence-corrected chi connectivity index (χ3v) is 1.73. The Hall–Kier alpha value is -0.290. The van der Waals surface area contributed by atoms with Crippen LogP contribution in [0.1, 0.15) is 6.42 Å². The number of piperazine rings is 1. The predicted octanol–water partition coefficient (Wildman–Crippen LogP) is 1.01. The second-order valence-electron chi connectivity index (χ2n) is 2.79. The first-order chi connectivity index (χ1) is 5.58. The zero-order valence-corrected chi connectivity index (χ0v) is 6.69. The fourth-order valence-corrected chi connectivity index (χ4v) is 1.10. The predicted molar refractivity (Wildman–Crippen MR) is 39.4 cm³/mol. The van der Waals surface area contributed by atoms with Crippen molar-refractivity contribution in [3.05, 3.63) is 6.54 Å². The van der Waals surface area contributed by atoms with Crippen molar-refractivity contribution in [2.24, 2.45) is 0 Å². The van der Waals surface area contributed by atoms with Gasteiger partial charge >= 0.3 is 6.18 Å². The minimum absolute atomic E-state index is 0.677. The van der Waals surface area contributed by atoms with E-state index >= 15 is 0 Å². The first-order valence-electron chi connectivity index (χ1n) is 3.93. The Morgan fingerprint density at radius 2 is 1.83 bits per heavy atom. The number of alkyl halides is 3. The molecule has 0 aromatic rings. The molecule has 5 heteroatoms. The average Bonchev–Trinajstić information content (AvgIpc) is 2.02. The Morgan fingerprint density at radius 3 is 2.33 bits per heavy atom. The molecule has 0 aromatic heterocycles. The highest BCUT2D eigenvalue weighted by Gasteiger charge is 2.28.